The molecule has 0 aliphatic rings. The summed E-state index contributed by atoms with van der Waals surface area (Å²) in [6.45, 7) is 0.720. The fourth-order valence-corrected chi connectivity index (χ4v) is 2.23. The molecular weight excluding hydrogens is 358 g/mol. The van der Waals surface area contributed by atoms with E-state index in [1.165, 1.54) is 13.3 Å². The molecule has 1 N–H and O–H groups in total. The number of rotatable bonds is 5. The van der Waals surface area contributed by atoms with Crippen LogP contribution in [0.2, 0.25) is 0 Å². The number of halogens is 2. The summed E-state index contributed by atoms with van der Waals surface area (Å²) in [7, 11) is 1.46. The van der Waals surface area contributed by atoms with E-state index in [-0.39, 0.29) is 5.82 Å². The highest BCUT2D eigenvalue weighted by Crippen LogP contribution is 2.29. The molecule has 3 rings (SSSR count). The van der Waals surface area contributed by atoms with Gasteiger partial charge in [-0.3, -0.25) is 5.32 Å². The Hall–Kier alpha value is -3.49. The number of alkyl halides is 2. The maximum atomic E-state index is 13.7. The highest BCUT2D eigenvalue weighted by molar-refractivity contribution is 5.85. The number of amides is 1. The largest absolute Gasteiger partial charge is 0.481 e. The molecule has 0 bridgehead atoms. The van der Waals surface area contributed by atoms with Gasteiger partial charge in [0.1, 0.15) is 17.3 Å². The summed E-state index contributed by atoms with van der Waals surface area (Å²) in [5.41, 5.74) is -0.144. The number of ether oxygens (including phenoxy) is 2. The SMILES string of the molecule is COc1ccc(-n2nc(C(C)(F)F)cc2NC(=O)Oc2ccccc2)cn1. The number of benzene rings is 1. The van der Waals surface area contributed by atoms with Crippen molar-refractivity contribution in [1.29, 1.82) is 0 Å². The van der Waals surface area contributed by atoms with Gasteiger partial charge in [-0.2, -0.15) is 13.9 Å². The van der Waals surface area contributed by atoms with Crippen molar-refractivity contribution in [3.63, 3.8) is 0 Å². The number of hydrogen-bond donors (Lipinski definition) is 1. The molecule has 0 aliphatic heterocycles. The van der Waals surface area contributed by atoms with Gasteiger partial charge < -0.3 is 9.47 Å². The van der Waals surface area contributed by atoms with Gasteiger partial charge in [-0.25, -0.2) is 14.5 Å². The van der Waals surface area contributed by atoms with E-state index in [0.29, 0.717) is 17.3 Å². The number of aromatic nitrogens is 3. The predicted molar refractivity (Wildman–Crippen MR) is 93.6 cm³/mol. The van der Waals surface area contributed by atoms with E-state index in [4.69, 9.17) is 9.47 Å². The lowest BCUT2D eigenvalue weighted by Crippen LogP contribution is -2.19. The molecule has 0 unspecified atom stereocenters. The second-order valence-electron chi connectivity index (χ2n) is 5.60. The lowest BCUT2D eigenvalue weighted by molar-refractivity contribution is 0.0124. The van der Waals surface area contributed by atoms with E-state index in [2.05, 4.69) is 15.4 Å². The van der Waals surface area contributed by atoms with Gasteiger partial charge in [-0.1, -0.05) is 18.2 Å². The zero-order valence-electron chi connectivity index (χ0n) is 14.5. The molecule has 0 aliphatic carbocycles. The minimum atomic E-state index is -3.19. The first-order chi connectivity index (χ1) is 12.9. The van der Waals surface area contributed by atoms with Crippen molar-refractivity contribution in [3.8, 4) is 17.3 Å². The van der Waals surface area contributed by atoms with E-state index in [1.54, 1.807) is 42.5 Å². The number of carbonyl (C=O) groups is 1. The normalized spacial score (nSPS) is 11.1. The van der Waals surface area contributed by atoms with Crippen LogP contribution in [0, 0.1) is 0 Å². The zero-order chi connectivity index (χ0) is 19.4. The van der Waals surface area contributed by atoms with Crippen molar-refractivity contribution in [1.82, 2.24) is 14.8 Å². The Balaban J connectivity index is 1.90. The fraction of sp³-hybridized carbons (Fsp3) is 0.167. The van der Waals surface area contributed by atoms with Crippen LogP contribution in [0.5, 0.6) is 11.6 Å². The molecule has 0 atom stereocenters. The predicted octanol–water partition coefficient (Wildman–Crippen LogP) is 4.00. The molecule has 1 amide bonds. The maximum absolute atomic E-state index is 13.7. The number of carbonyl (C=O) groups excluding carboxylic acids is 1. The van der Waals surface area contributed by atoms with Gasteiger partial charge in [0.25, 0.3) is 5.92 Å². The number of pyridine rings is 1. The van der Waals surface area contributed by atoms with Crippen LogP contribution >= 0.6 is 0 Å². The quantitative estimate of drug-likeness (QED) is 0.730. The van der Waals surface area contributed by atoms with Gasteiger partial charge in [0, 0.05) is 19.1 Å². The number of anilines is 1. The zero-order valence-corrected chi connectivity index (χ0v) is 14.5. The third-order valence-corrected chi connectivity index (χ3v) is 3.52. The van der Waals surface area contributed by atoms with Crippen molar-refractivity contribution in [2.75, 3.05) is 12.4 Å². The second-order valence-corrected chi connectivity index (χ2v) is 5.60. The van der Waals surface area contributed by atoms with E-state index >= 15 is 0 Å². The number of nitrogens with zero attached hydrogens (tertiary/aromatic N) is 3. The van der Waals surface area contributed by atoms with Crippen LogP contribution in [0.4, 0.5) is 19.4 Å². The van der Waals surface area contributed by atoms with Crippen molar-refractivity contribution in [2.24, 2.45) is 0 Å². The summed E-state index contributed by atoms with van der Waals surface area (Å²) in [6.07, 6.45) is 0.548. The van der Waals surface area contributed by atoms with Gasteiger partial charge >= 0.3 is 6.09 Å². The minimum Gasteiger partial charge on any atom is -0.481 e. The van der Waals surface area contributed by atoms with Crippen LogP contribution in [0.1, 0.15) is 12.6 Å². The molecule has 0 fully saturated rings. The average Bonchev–Trinajstić information content (AvgIpc) is 3.06. The average molecular weight is 374 g/mol. The molecule has 0 spiro atoms. The Bertz CT molecular complexity index is 922. The highest BCUT2D eigenvalue weighted by atomic mass is 19.3. The Morgan fingerprint density at radius 2 is 1.93 bits per heavy atom. The molecule has 2 aromatic heterocycles. The van der Waals surface area contributed by atoms with E-state index in [0.717, 1.165) is 17.7 Å². The second kappa shape index (κ2) is 7.40. The summed E-state index contributed by atoms with van der Waals surface area (Å²) >= 11 is 0. The highest BCUT2D eigenvalue weighted by Gasteiger charge is 2.30. The van der Waals surface area contributed by atoms with Gasteiger partial charge in [0.15, 0.2) is 0 Å². The Kier molecular flexibility index (Phi) is 5.02. The van der Waals surface area contributed by atoms with E-state index in [9.17, 15) is 13.6 Å². The fourth-order valence-electron chi connectivity index (χ4n) is 2.23. The Labute approximate surface area is 153 Å². The number of para-hydroxylation sites is 1. The Morgan fingerprint density at radius 3 is 2.52 bits per heavy atom. The summed E-state index contributed by atoms with van der Waals surface area (Å²) in [5.74, 6) is -2.51. The van der Waals surface area contributed by atoms with Crippen LogP contribution < -0.4 is 14.8 Å². The van der Waals surface area contributed by atoms with Crippen LogP contribution in [-0.4, -0.2) is 28.0 Å². The van der Waals surface area contributed by atoms with Crippen LogP contribution in [0.15, 0.2) is 54.7 Å². The molecule has 2 heterocycles. The number of hydrogen-bond acceptors (Lipinski definition) is 5. The topological polar surface area (TPSA) is 78.3 Å². The smallest absolute Gasteiger partial charge is 0.418 e. The van der Waals surface area contributed by atoms with E-state index in [1.807, 2.05) is 0 Å². The molecule has 7 nitrogen and oxygen atoms in total. The molecule has 3 aromatic rings. The summed E-state index contributed by atoms with van der Waals surface area (Å²) < 4.78 is 38.7. The van der Waals surface area contributed by atoms with Crippen LogP contribution in [0.25, 0.3) is 5.69 Å². The summed E-state index contributed by atoms with van der Waals surface area (Å²) in [6, 6.07) is 12.6. The summed E-state index contributed by atoms with van der Waals surface area (Å²) in [4.78, 5) is 16.1. The monoisotopic (exact) mass is 374 g/mol. The minimum absolute atomic E-state index is 0.0134. The van der Waals surface area contributed by atoms with Crippen molar-refractivity contribution < 1.29 is 23.0 Å². The van der Waals surface area contributed by atoms with Gasteiger partial charge in [-0.05, 0) is 18.2 Å². The van der Waals surface area contributed by atoms with Crippen LogP contribution in [0.3, 0.4) is 0 Å². The lowest BCUT2D eigenvalue weighted by Gasteiger charge is -2.09. The molecule has 140 valence electrons. The van der Waals surface area contributed by atoms with Gasteiger partial charge in [0.05, 0.1) is 19.0 Å². The first-order valence-electron chi connectivity index (χ1n) is 7.89. The molecule has 9 heteroatoms. The van der Waals surface area contributed by atoms with Gasteiger partial charge in [-0.15, -0.1) is 0 Å². The molecule has 0 saturated carbocycles. The third-order valence-electron chi connectivity index (χ3n) is 3.52. The molecule has 0 saturated heterocycles. The van der Waals surface area contributed by atoms with E-state index < -0.39 is 17.7 Å². The van der Waals surface area contributed by atoms with Crippen molar-refractivity contribution in [3.05, 3.63) is 60.4 Å². The van der Waals surface area contributed by atoms with Gasteiger partial charge in [0.2, 0.25) is 5.88 Å². The van der Waals surface area contributed by atoms with Crippen molar-refractivity contribution >= 4 is 11.9 Å². The molecular formula is C18H16F2N4O3. The molecule has 0 radical (unpaired) electrons. The third kappa shape index (κ3) is 4.38. The number of nitrogens with one attached hydrogen (secondary N) is 1. The molecule has 27 heavy (non-hydrogen) atoms. The molecule has 1 aromatic carbocycles. The van der Waals surface area contributed by atoms with Crippen LogP contribution in [-0.2, 0) is 5.92 Å². The standard InChI is InChI=1S/C18H16F2N4O3/c1-18(19,20)14-10-15(22-17(25)27-13-6-4-3-5-7-13)24(23-14)12-8-9-16(26-2)21-11-12/h3-11H,1-2H3,(H,22,25). The first kappa shape index (κ1) is 18.3. The lowest BCUT2D eigenvalue weighted by atomic mass is 10.3. The Morgan fingerprint density at radius 1 is 1.19 bits per heavy atom. The maximum Gasteiger partial charge on any atom is 0.418 e. The number of methoxy groups -OCH3 is 1. The summed E-state index contributed by atoms with van der Waals surface area (Å²) in [5, 5.41) is 6.31. The van der Waals surface area contributed by atoms with Crippen molar-refractivity contribution in [2.45, 2.75) is 12.8 Å². The first-order valence-corrected chi connectivity index (χ1v) is 7.89.